The van der Waals surface area contributed by atoms with E-state index in [1.165, 1.54) is 5.56 Å². The highest BCUT2D eigenvalue weighted by molar-refractivity contribution is 7.98. The summed E-state index contributed by atoms with van der Waals surface area (Å²) < 4.78 is 0. The van der Waals surface area contributed by atoms with Gasteiger partial charge in [0.05, 0.1) is 5.84 Å². The molecule has 1 rings (SSSR count). The minimum Gasteiger partial charge on any atom is -0.388 e. The summed E-state index contributed by atoms with van der Waals surface area (Å²) >= 11 is 1.83. The van der Waals surface area contributed by atoms with E-state index in [2.05, 4.69) is 30.3 Å². The van der Waals surface area contributed by atoms with Crippen LogP contribution in [0.5, 0.6) is 0 Å². The van der Waals surface area contributed by atoms with Crippen LogP contribution in [0, 0.1) is 5.41 Å². The highest BCUT2D eigenvalue weighted by Crippen LogP contribution is 2.22. The first kappa shape index (κ1) is 14.1. The van der Waals surface area contributed by atoms with Gasteiger partial charge in [-0.2, -0.15) is 11.8 Å². The molecule has 1 aromatic carbocycles. The molecule has 4 heteroatoms. The molecule has 0 aliphatic carbocycles. The van der Waals surface area contributed by atoms with Crippen molar-refractivity contribution < 1.29 is 0 Å². The third-order valence-electron chi connectivity index (χ3n) is 2.78. The summed E-state index contributed by atoms with van der Waals surface area (Å²) in [5, 5.41) is 7.49. The van der Waals surface area contributed by atoms with Crippen molar-refractivity contribution in [2.45, 2.75) is 12.5 Å². The van der Waals surface area contributed by atoms with Crippen molar-refractivity contribution in [2.75, 3.05) is 25.6 Å². The monoisotopic (exact) mass is 251 g/mol. The van der Waals surface area contributed by atoms with E-state index >= 15 is 0 Å². The van der Waals surface area contributed by atoms with Gasteiger partial charge in [0.25, 0.3) is 0 Å². The number of nitrogens with one attached hydrogen (secondary N) is 1. The van der Waals surface area contributed by atoms with Crippen molar-refractivity contribution in [1.29, 1.82) is 5.41 Å². The van der Waals surface area contributed by atoms with E-state index in [0.29, 0.717) is 6.42 Å². The Bertz CT molecular complexity index is 340. The zero-order valence-corrected chi connectivity index (χ0v) is 11.3. The number of nitrogens with two attached hydrogens (primary N) is 1. The second-order valence-electron chi connectivity index (χ2n) is 4.13. The Balaban J connectivity index is 2.76. The van der Waals surface area contributed by atoms with Gasteiger partial charge in [-0.15, -0.1) is 0 Å². The number of thioether (sulfide) groups is 1. The van der Waals surface area contributed by atoms with E-state index in [0.717, 1.165) is 12.3 Å². The van der Waals surface area contributed by atoms with Gasteiger partial charge in [0.15, 0.2) is 0 Å². The van der Waals surface area contributed by atoms with E-state index in [9.17, 15) is 0 Å². The van der Waals surface area contributed by atoms with E-state index in [1.807, 2.05) is 30.0 Å². The Morgan fingerprint density at radius 2 is 2.06 bits per heavy atom. The van der Waals surface area contributed by atoms with Crippen LogP contribution in [0.25, 0.3) is 0 Å². The fraction of sp³-hybridized carbons (Fsp3) is 0.462. The molecule has 1 atom stereocenters. The van der Waals surface area contributed by atoms with Crippen LogP contribution in [0.15, 0.2) is 30.3 Å². The van der Waals surface area contributed by atoms with Gasteiger partial charge in [0, 0.05) is 24.8 Å². The molecule has 1 unspecified atom stereocenters. The Hall–Kier alpha value is -1.00. The van der Waals surface area contributed by atoms with Gasteiger partial charge in [-0.25, -0.2) is 0 Å². The summed E-state index contributed by atoms with van der Waals surface area (Å²) in [5.74, 6) is 1.34. The van der Waals surface area contributed by atoms with Gasteiger partial charge < -0.3 is 5.73 Å². The SMILES string of the molecule is CSCCN(C)C(CC(=N)N)c1ccccc1. The number of hydrogen-bond donors (Lipinski definition) is 2. The van der Waals surface area contributed by atoms with Crippen molar-refractivity contribution in [2.24, 2.45) is 5.73 Å². The minimum atomic E-state index is 0.209. The highest BCUT2D eigenvalue weighted by Gasteiger charge is 2.17. The molecule has 3 N–H and O–H groups in total. The summed E-state index contributed by atoms with van der Waals surface area (Å²) in [7, 11) is 2.09. The van der Waals surface area contributed by atoms with Crippen LogP contribution in [0.2, 0.25) is 0 Å². The average molecular weight is 251 g/mol. The molecule has 0 radical (unpaired) electrons. The molecule has 0 aliphatic heterocycles. The third kappa shape index (κ3) is 4.79. The predicted octanol–water partition coefficient (Wildman–Crippen LogP) is 2.35. The van der Waals surface area contributed by atoms with E-state index in [-0.39, 0.29) is 11.9 Å². The van der Waals surface area contributed by atoms with E-state index in [4.69, 9.17) is 11.1 Å². The minimum absolute atomic E-state index is 0.209. The standard InChI is InChI=1S/C13H21N3S/c1-16(8-9-17-2)12(10-13(14)15)11-6-4-3-5-7-11/h3-7,12H,8-10H2,1-2H3,(H3,14,15). The quantitative estimate of drug-likeness (QED) is 0.578. The van der Waals surface area contributed by atoms with Crippen molar-refractivity contribution >= 4 is 17.6 Å². The molecule has 17 heavy (non-hydrogen) atoms. The van der Waals surface area contributed by atoms with Crippen LogP contribution < -0.4 is 5.73 Å². The molecule has 0 spiro atoms. The molecule has 94 valence electrons. The molecular formula is C13H21N3S. The summed E-state index contributed by atoms with van der Waals surface area (Å²) in [6.07, 6.45) is 2.70. The Labute approximate surface area is 108 Å². The summed E-state index contributed by atoms with van der Waals surface area (Å²) in [5.41, 5.74) is 6.78. The number of hydrogen-bond acceptors (Lipinski definition) is 3. The van der Waals surface area contributed by atoms with Gasteiger partial charge in [-0.3, -0.25) is 10.3 Å². The molecule has 0 aliphatic rings. The lowest BCUT2D eigenvalue weighted by Crippen LogP contribution is -2.30. The lowest BCUT2D eigenvalue weighted by molar-refractivity contribution is 0.265. The summed E-state index contributed by atoms with van der Waals surface area (Å²) in [6.45, 7) is 1.01. The average Bonchev–Trinajstić information content (AvgIpc) is 2.34. The van der Waals surface area contributed by atoms with Crippen LogP contribution in [-0.4, -0.2) is 36.3 Å². The molecule has 0 saturated carbocycles. The molecule has 0 fully saturated rings. The normalized spacial score (nSPS) is 12.6. The first-order valence-electron chi connectivity index (χ1n) is 5.72. The summed E-state index contributed by atoms with van der Waals surface area (Å²) in [6, 6.07) is 10.5. The fourth-order valence-corrected chi connectivity index (χ4v) is 2.27. The first-order valence-corrected chi connectivity index (χ1v) is 7.11. The molecule has 1 aromatic rings. The lowest BCUT2D eigenvalue weighted by atomic mass is 10.0. The Kier molecular flexibility index (Phi) is 6.08. The number of nitrogens with zero attached hydrogens (tertiary/aromatic N) is 1. The second kappa shape index (κ2) is 7.35. The maximum atomic E-state index is 7.49. The number of benzene rings is 1. The maximum Gasteiger partial charge on any atom is 0.0924 e. The van der Waals surface area contributed by atoms with Crippen LogP contribution in [0.3, 0.4) is 0 Å². The van der Waals surface area contributed by atoms with Gasteiger partial charge in [0.1, 0.15) is 0 Å². The zero-order valence-electron chi connectivity index (χ0n) is 10.5. The highest BCUT2D eigenvalue weighted by atomic mass is 32.2. The molecule has 0 amide bonds. The Morgan fingerprint density at radius 3 is 2.59 bits per heavy atom. The van der Waals surface area contributed by atoms with Crippen molar-refractivity contribution in [3.8, 4) is 0 Å². The maximum absolute atomic E-state index is 7.49. The van der Waals surface area contributed by atoms with Crippen LogP contribution in [0.4, 0.5) is 0 Å². The van der Waals surface area contributed by atoms with Gasteiger partial charge >= 0.3 is 0 Å². The molecule has 0 saturated heterocycles. The molecule has 0 bridgehead atoms. The van der Waals surface area contributed by atoms with Gasteiger partial charge in [-0.1, -0.05) is 30.3 Å². The molecule has 3 nitrogen and oxygen atoms in total. The van der Waals surface area contributed by atoms with Gasteiger partial charge in [-0.05, 0) is 18.9 Å². The van der Waals surface area contributed by atoms with Crippen LogP contribution in [-0.2, 0) is 0 Å². The first-order chi connectivity index (χ1) is 8.15. The largest absolute Gasteiger partial charge is 0.388 e. The van der Waals surface area contributed by atoms with Crippen molar-refractivity contribution in [3.63, 3.8) is 0 Å². The summed E-state index contributed by atoms with van der Waals surface area (Å²) in [4.78, 5) is 2.27. The topological polar surface area (TPSA) is 53.1 Å². The van der Waals surface area contributed by atoms with E-state index < -0.39 is 0 Å². The number of rotatable bonds is 7. The van der Waals surface area contributed by atoms with E-state index in [1.54, 1.807) is 0 Å². The fourth-order valence-electron chi connectivity index (χ4n) is 1.80. The van der Waals surface area contributed by atoms with Crippen molar-refractivity contribution in [3.05, 3.63) is 35.9 Å². The number of amidine groups is 1. The molecule has 0 aromatic heterocycles. The van der Waals surface area contributed by atoms with Gasteiger partial charge in [0.2, 0.25) is 0 Å². The van der Waals surface area contributed by atoms with Crippen LogP contribution >= 0.6 is 11.8 Å². The third-order valence-corrected chi connectivity index (χ3v) is 3.37. The smallest absolute Gasteiger partial charge is 0.0924 e. The predicted molar refractivity (Wildman–Crippen MR) is 76.7 cm³/mol. The Morgan fingerprint density at radius 1 is 1.41 bits per heavy atom. The molecular weight excluding hydrogens is 230 g/mol. The zero-order chi connectivity index (χ0) is 12.7. The lowest BCUT2D eigenvalue weighted by Gasteiger charge is -2.28. The van der Waals surface area contributed by atoms with Crippen LogP contribution in [0.1, 0.15) is 18.0 Å². The van der Waals surface area contributed by atoms with Crippen molar-refractivity contribution in [1.82, 2.24) is 4.90 Å². The second-order valence-corrected chi connectivity index (χ2v) is 5.11. The molecule has 0 heterocycles.